The van der Waals surface area contributed by atoms with Crippen LogP contribution in [0, 0.1) is 0 Å². The molecule has 0 aromatic heterocycles. The van der Waals surface area contributed by atoms with Crippen LogP contribution in [0.5, 0.6) is 0 Å². The number of carbonyl (C=O) groups excluding carboxylic acids is 4. The molecular weight excluding hydrogens is 524 g/mol. The number of carboxylic acid groups (broad SMARTS) is 2. The van der Waals surface area contributed by atoms with Gasteiger partial charge in [-0.15, -0.1) is 0 Å². The highest BCUT2D eigenvalue weighted by Crippen LogP contribution is 2.37. The number of benzene rings is 3. The Hall–Kier alpha value is -5.21. The monoisotopic (exact) mass is 536 g/mol. The van der Waals surface area contributed by atoms with Crippen molar-refractivity contribution in [1.29, 1.82) is 0 Å². The van der Waals surface area contributed by atoms with E-state index in [1.165, 1.54) is 0 Å². The van der Waals surface area contributed by atoms with Gasteiger partial charge in [-0.3, -0.25) is 23.7 Å². The van der Waals surface area contributed by atoms with Crippen molar-refractivity contribution in [2.24, 2.45) is 0 Å². The van der Waals surface area contributed by atoms with Gasteiger partial charge in [0.1, 0.15) is 4.90 Å². The first-order valence-electron chi connectivity index (χ1n) is 10.4. The number of amides is 4. The lowest BCUT2D eigenvalue weighted by molar-refractivity contribution is 0.0686. The van der Waals surface area contributed by atoms with Gasteiger partial charge in [-0.2, -0.15) is 8.42 Å². The largest absolute Gasteiger partial charge is 0.478 e. The number of anilines is 2. The van der Waals surface area contributed by atoms with Crippen LogP contribution in [0.25, 0.3) is 0 Å². The number of carbonyl (C=O) groups is 6. The highest BCUT2D eigenvalue weighted by molar-refractivity contribution is 7.86. The number of hydrogen-bond donors (Lipinski definition) is 3. The predicted molar refractivity (Wildman–Crippen MR) is 125 cm³/mol. The molecule has 190 valence electrons. The van der Waals surface area contributed by atoms with E-state index in [9.17, 15) is 46.8 Å². The van der Waals surface area contributed by atoms with Crippen LogP contribution in [0.3, 0.4) is 0 Å². The van der Waals surface area contributed by atoms with Crippen LogP contribution in [0.1, 0.15) is 62.1 Å². The molecule has 14 heteroatoms. The fourth-order valence-electron chi connectivity index (χ4n) is 4.23. The molecule has 0 radical (unpaired) electrons. The highest BCUT2D eigenvalue weighted by atomic mass is 32.2. The number of rotatable bonds is 5. The number of fused-ring (bicyclic) bond motifs is 2. The fourth-order valence-corrected chi connectivity index (χ4v) is 4.93. The molecule has 2 aliphatic heterocycles. The van der Waals surface area contributed by atoms with Crippen molar-refractivity contribution in [1.82, 2.24) is 0 Å². The molecule has 3 aromatic rings. The second-order valence-corrected chi connectivity index (χ2v) is 9.54. The fraction of sp³-hybridized carbons (Fsp3) is 0. The van der Waals surface area contributed by atoms with Crippen LogP contribution >= 0.6 is 0 Å². The van der Waals surface area contributed by atoms with Crippen LogP contribution < -0.4 is 9.80 Å². The summed E-state index contributed by atoms with van der Waals surface area (Å²) in [5, 5.41) is 18.3. The average Bonchev–Trinajstić information content (AvgIpc) is 3.26. The number of nitrogens with zero attached hydrogens (tertiary/aromatic N) is 2. The molecule has 0 unspecified atom stereocenters. The van der Waals surface area contributed by atoms with Crippen molar-refractivity contribution in [3.05, 3.63) is 88.0 Å². The van der Waals surface area contributed by atoms with Gasteiger partial charge in [-0.25, -0.2) is 19.4 Å². The SMILES string of the molecule is O=C(O)c1ccc2c(c1)C(=O)N(c1ccc(N3C(=O)c4ccc(C(=O)O)cc4C3=O)c(S(=O)(=O)O)c1)C2=O. The minimum atomic E-state index is -5.17. The Balaban J connectivity index is 1.60. The second-order valence-electron chi connectivity index (χ2n) is 8.15. The molecule has 2 heterocycles. The summed E-state index contributed by atoms with van der Waals surface area (Å²) in [4.78, 5) is 74.3. The maximum Gasteiger partial charge on any atom is 0.335 e. The summed E-state index contributed by atoms with van der Waals surface area (Å²) in [5.74, 6) is -6.65. The van der Waals surface area contributed by atoms with Gasteiger partial charge < -0.3 is 10.2 Å². The zero-order chi connectivity index (χ0) is 27.7. The van der Waals surface area contributed by atoms with Gasteiger partial charge in [-0.05, 0) is 54.6 Å². The van der Waals surface area contributed by atoms with Gasteiger partial charge in [-0.1, -0.05) is 0 Å². The highest BCUT2D eigenvalue weighted by Gasteiger charge is 2.41. The molecule has 38 heavy (non-hydrogen) atoms. The van der Waals surface area contributed by atoms with E-state index in [-0.39, 0.29) is 39.1 Å². The predicted octanol–water partition coefficient (Wildman–Crippen LogP) is 1.93. The summed E-state index contributed by atoms with van der Waals surface area (Å²) in [5.41, 5.74) is -2.44. The molecule has 3 aromatic carbocycles. The molecule has 0 spiro atoms. The van der Waals surface area contributed by atoms with Gasteiger partial charge in [0.25, 0.3) is 33.7 Å². The summed E-state index contributed by atoms with van der Waals surface area (Å²) in [6.45, 7) is 0. The molecular formula is C24H12N2O11S. The van der Waals surface area contributed by atoms with Gasteiger partial charge in [0.2, 0.25) is 0 Å². The summed E-state index contributed by atoms with van der Waals surface area (Å²) in [6, 6.07) is 9.02. The van der Waals surface area contributed by atoms with Crippen molar-refractivity contribution in [3.63, 3.8) is 0 Å². The van der Waals surface area contributed by atoms with Crippen molar-refractivity contribution < 1.29 is 52.0 Å². The quantitative estimate of drug-likeness (QED) is 0.317. The van der Waals surface area contributed by atoms with Crippen molar-refractivity contribution >= 4 is 57.1 Å². The maximum atomic E-state index is 13.0. The Kier molecular flexibility index (Phi) is 5.25. The zero-order valence-corrected chi connectivity index (χ0v) is 19.4. The molecule has 0 atom stereocenters. The third-order valence-electron chi connectivity index (χ3n) is 5.99. The molecule has 5 rings (SSSR count). The van der Waals surface area contributed by atoms with E-state index >= 15 is 0 Å². The Morgan fingerprint density at radius 2 is 1.05 bits per heavy atom. The molecule has 0 saturated heterocycles. The molecule has 0 bridgehead atoms. The minimum Gasteiger partial charge on any atom is -0.478 e. The molecule has 3 N–H and O–H groups in total. The zero-order valence-electron chi connectivity index (χ0n) is 18.6. The maximum absolute atomic E-state index is 13.0. The summed E-state index contributed by atoms with van der Waals surface area (Å²) in [7, 11) is -5.17. The Morgan fingerprint density at radius 1 is 0.605 bits per heavy atom. The van der Waals surface area contributed by atoms with E-state index in [2.05, 4.69) is 0 Å². The normalized spacial score (nSPS) is 14.7. The third kappa shape index (κ3) is 3.55. The Bertz CT molecular complexity index is 1790. The molecule has 4 amide bonds. The van der Waals surface area contributed by atoms with E-state index in [1.54, 1.807) is 0 Å². The van der Waals surface area contributed by atoms with Crippen LogP contribution in [-0.4, -0.2) is 58.8 Å². The lowest BCUT2D eigenvalue weighted by Crippen LogP contribution is -2.32. The van der Waals surface area contributed by atoms with E-state index < -0.39 is 56.3 Å². The van der Waals surface area contributed by atoms with Gasteiger partial charge in [0.05, 0.1) is 44.8 Å². The molecule has 0 aliphatic carbocycles. The summed E-state index contributed by atoms with van der Waals surface area (Å²) >= 11 is 0. The van der Waals surface area contributed by atoms with Crippen molar-refractivity contribution in [2.45, 2.75) is 4.90 Å². The topological polar surface area (TPSA) is 204 Å². The smallest absolute Gasteiger partial charge is 0.335 e. The van der Waals surface area contributed by atoms with Gasteiger partial charge in [0, 0.05) is 0 Å². The van der Waals surface area contributed by atoms with E-state index in [0.717, 1.165) is 48.5 Å². The average molecular weight is 536 g/mol. The number of carboxylic acids is 2. The second kappa shape index (κ2) is 8.16. The molecule has 0 saturated carbocycles. The van der Waals surface area contributed by atoms with Crippen LogP contribution in [0.15, 0.2) is 59.5 Å². The summed E-state index contributed by atoms with van der Waals surface area (Å²) in [6.07, 6.45) is 0. The molecule has 2 aliphatic rings. The number of hydrogen-bond acceptors (Lipinski definition) is 8. The van der Waals surface area contributed by atoms with Gasteiger partial charge in [0.15, 0.2) is 0 Å². The first-order chi connectivity index (χ1) is 17.8. The van der Waals surface area contributed by atoms with E-state index in [1.807, 2.05) is 0 Å². The van der Waals surface area contributed by atoms with Crippen molar-refractivity contribution in [3.8, 4) is 0 Å². The minimum absolute atomic E-state index is 0.146. The van der Waals surface area contributed by atoms with Crippen LogP contribution in [0.2, 0.25) is 0 Å². The Morgan fingerprint density at radius 3 is 1.53 bits per heavy atom. The van der Waals surface area contributed by atoms with E-state index in [0.29, 0.717) is 15.9 Å². The first kappa shape index (κ1) is 24.5. The van der Waals surface area contributed by atoms with Crippen molar-refractivity contribution in [2.75, 3.05) is 9.80 Å². The van der Waals surface area contributed by atoms with E-state index in [4.69, 9.17) is 5.11 Å². The van der Waals surface area contributed by atoms with Crippen LogP contribution in [0.4, 0.5) is 11.4 Å². The first-order valence-corrected chi connectivity index (χ1v) is 11.9. The summed E-state index contributed by atoms with van der Waals surface area (Å²) < 4.78 is 34.5. The lowest BCUT2D eigenvalue weighted by atomic mass is 10.1. The number of aromatic carboxylic acids is 2. The standard InChI is InChI=1S/C24H12N2O11S/c27-19-13-4-1-10(23(31)32)7-15(13)21(29)25(19)12-3-6-17(18(9-12)38(35,36)37)26-20(28)14-5-2-11(24(33)34)8-16(14)22(26)30/h1-9H,(H,31,32)(H,33,34)(H,35,36,37). The van der Waals surface area contributed by atoms with Crippen LogP contribution in [-0.2, 0) is 10.1 Å². The molecule has 0 fully saturated rings. The third-order valence-corrected chi connectivity index (χ3v) is 6.87. The molecule has 13 nitrogen and oxygen atoms in total. The number of imide groups is 2. The lowest BCUT2D eigenvalue weighted by Gasteiger charge is -2.20. The van der Waals surface area contributed by atoms with Gasteiger partial charge >= 0.3 is 11.9 Å². The Labute approximate surface area is 211 Å².